The van der Waals surface area contributed by atoms with Gasteiger partial charge in [0.05, 0.1) is 47.1 Å². The van der Waals surface area contributed by atoms with E-state index in [1.807, 2.05) is 6.07 Å². The van der Waals surface area contributed by atoms with Crippen LogP contribution in [0.1, 0.15) is 38.2 Å². The van der Waals surface area contributed by atoms with E-state index in [4.69, 9.17) is 23.2 Å². The van der Waals surface area contributed by atoms with Gasteiger partial charge >= 0.3 is 154 Å². The molecule has 2 aromatic carbocycles. The zero-order valence-electron chi connectivity index (χ0n) is 27.9. The van der Waals surface area contributed by atoms with Crippen molar-refractivity contribution in [3.63, 3.8) is 0 Å². The number of aromatic nitrogens is 2. The Morgan fingerprint density at radius 3 is 1.88 bits per heavy atom. The van der Waals surface area contributed by atoms with Gasteiger partial charge in [-0.25, -0.2) is 29.9 Å². The van der Waals surface area contributed by atoms with Crippen molar-refractivity contribution in [3.8, 4) is 11.8 Å². The Labute approximate surface area is 433 Å². The third-order valence-corrected chi connectivity index (χ3v) is 9.37. The van der Waals surface area contributed by atoms with Crippen LogP contribution < -0.4 is 164 Å². The Bertz CT molecular complexity index is 2040. The standard InChI is InChI=1S/C26H29Cl2N7O10S3.3K/c1-17(36)31-24-12-19(34(8-2-4-10-46(37,38)39)9-3-5-11-47(40,41)42)6-7-23(24)32-33-26-18(15-29)16-30-35(26)25-21(27)13-20(14-22(25)28)48(43,44)45;;;/h6-7,12-14,16H,2-5,8-11H2,1H3,(H,31,36)(H,37,38,39)(H,40,41,42)(H,43,44,45);;;/q;3*+1/p-3. The molecule has 1 heterocycles. The van der Waals surface area contributed by atoms with E-state index >= 15 is 0 Å². The van der Waals surface area contributed by atoms with Crippen molar-refractivity contribution < 1.29 is 198 Å². The Morgan fingerprint density at radius 1 is 0.902 bits per heavy atom. The number of carbonyl (C=O) groups is 1. The summed E-state index contributed by atoms with van der Waals surface area (Å²) in [7, 11) is -13.8. The van der Waals surface area contributed by atoms with E-state index < -0.39 is 52.7 Å². The average Bonchev–Trinajstić information content (AvgIpc) is 3.35. The fourth-order valence-electron chi connectivity index (χ4n) is 4.30. The molecule has 0 radical (unpaired) electrons. The summed E-state index contributed by atoms with van der Waals surface area (Å²) >= 11 is 12.5. The normalized spacial score (nSPS) is 11.5. The van der Waals surface area contributed by atoms with Crippen LogP contribution in [-0.4, -0.2) is 79.2 Å². The quantitative estimate of drug-likeness (QED) is 0.0611. The molecule has 0 saturated heterocycles. The Morgan fingerprint density at radius 2 is 1.43 bits per heavy atom. The van der Waals surface area contributed by atoms with Gasteiger partial charge in [0.25, 0.3) is 0 Å². The molecule has 51 heavy (non-hydrogen) atoms. The first kappa shape index (κ1) is 52.2. The fourth-order valence-corrected chi connectivity index (χ4v) is 6.72. The molecule has 1 N–H and O–H groups in total. The van der Waals surface area contributed by atoms with Crippen LogP contribution in [0.15, 0.2) is 51.7 Å². The van der Waals surface area contributed by atoms with E-state index in [0.29, 0.717) is 5.69 Å². The van der Waals surface area contributed by atoms with Crippen LogP contribution in [0.4, 0.5) is 22.9 Å². The number of nitrogens with zero attached hydrogens (tertiary/aromatic N) is 6. The van der Waals surface area contributed by atoms with Gasteiger partial charge in [-0.1, -0.05) is 23.2 Å². The van der Waals surface area contributed by atoms with Gasteiger partial charge in [0.15, 0.2) is 5.82 Å². The molecule has 260 valence electrons. The third-order valence-electron chi connectivity index (χ3n) is 6.41. The fraction of sp³-hybridized carbons (Fsp3) is 0.346. The van der Waals surface area contributed by atoms with Crippen LogP contribution >= 0.6 is 23.2 Å². The van der Waals surface area contributed by atoms with Gasteiger partial charge in [0.1, 0.15) is 33.1 Å². The van der Waals surface area contributed by atoms with Gasteiger partial charge in [-0.2, -0.15) is 10.4 Å². The first-order valence-electron chi connectivity index (χ1n) is 13.7. The molecule has 0 bridgehead atoms. The molecule has 1 amide bonds. The van der Waals surface area contributed by atoms with Crippen LogP contribution in [-0.2, 0) is 35.1 Å². The first-order valence-corrected chi connectivity index (χ1v) is 19.0. The molecular formula is C26H26Cl2K3N7O10S3. The topological polar surface area (TPSA) is 270 Å². The van der Waals surface area contributed by atoms with Gasteiger partial charge in [0, 0.05) is 37.2 Å². The number of rotatable bonds is 16. The van der Waals surface area contributed by atoms with Gasteiger partial charge in [-0.3, -0.25) is 4.79 Å². The van der Waals surface area contributed by atoms with Gasteiger partial charge in [-0.05, 0) is 56.0 Å². The molecule has 0 fully saturated rings. The maximum absolute atomic E-state index is 12.1. The molecular weight excluding hydrogens is 855 g/mol. The molecule has 0 saturated carbocycles. The molecule has 0 spiro atoms. The zero-order valence-corrected chi connectivity index (χ0v) is 41.2. The zero-order chi connectivity index (χ0) is 35.9. The van der Waals surface area contributed by atoms with Crippen molar-refractivity contribution >= 4 is 82.3 Å². The minimum absolute atomic E-state index is 0. The van der Waals surface area contributed by atoms with Crippen LogP contribution in [0.2, 0.25) is 10.0 Å². The Balaban J connectivity index is 0.00000833. The second-order valence-corrected chi connectivity index (χ2v) is 15.3. The molecule has 1 aromatic heterocycles. The summed E-state index contributed by atoms with van der Waals surface area (Å²) in [6.45, 7) is 1.70. The number of carbonyl (C=O) groups excluding carboxylic acids is 1. The number of hydrogen-bond acceptors (Lipinski definition) is 15. The van der Waals surface area contributed by atoms with Crippen LogP contribution in [0.3, 0.4) is 0 Å². The van der Waals surface area contributed by atoms with Crippen LogP contribution in [0.5, 0.6) is 0 Å². The number of anilines is 2. The van der Waals surface area contributed by atoms with E-state index in [2.05, 4.69) is 20.6 Å². The largest absolute Gasteiger partial charge is 1.00 e. The van der Waals surface area contributed by atoms with Crippen molar-refractivity contribution in [2.75, 3.05) is 34.8 Å². The summed E-state index contributed by atoms with van der Waals surface area (Å²) < 4.78 is 102. The Kier molecular flexibility index (Phi) is 24.0. The SMILES string of the molecule is CC(=O)Nc1cc(N(CCCCS(=O)(=O)[O-])CCCCS(=O)(=O)[O-])ccc1N=Nc1c(C#N)cnn1-c1c(Cl)cc(S(=O)(=O)[O-])cc1Cl.[K+].[K+].[K+]. The number of nitrogens with one attached hydrogen (secondary N) is 1. The monoisotopic (exact) mass is 879 g/mol. The maximum Gasteiger partial charge on any atom is 1.00 e. The summed E-state index contributed by atoms with van der Waals surface area (Å²) in [6, 6.07) is 8.15. The summed E-state index contributed by atoms with van der Waals surface area (Å²) in [5, 5.41) is 24.0. The number of benzene rings is 2. The summed E-state index contributed by atoms with van der Waals surface area (Å²) in [4.78, 5) is 13.1. The number of halogens is 2. The number of azo groups is 1. The van der Waals surface area contributed by atoms with Gasteiger partial charge in [-0.15, -0.1) is 10.2 Å². The molecule has 25 heteroatoms. The molecule has 17 nitrogen and oxygen atoms in total. The predicted octanol–water partition coefficient (Wildman–Crippen LogP) is -5.20. The van der Waals surface area contributed by atoms with Crippen molar-refractivity contribution in [1.29, 1.82) is 5.26 Å². The Hall–Kier alpha value is 1.23. The van der Waals surface area contributed by atoms with Gasteiger partial charge in [0.2, 0.25) is 5.91 Å². The molecule has 0 aliphatic carbocycles. The minimum atomic E-state index is -4.91. The molecule has 0 unspecified atom stereocenters. The second-order valence-electron chi connectivity index (χ2n) is 10.1. The molecule has 0 aliphatic rings. The first-order chi connectivity index (χ1) is 22.3. The average molecular weight is 881 g/mol. The van der Waals surface area contributed by atoms with Gasteiger partial charge < -0.3 is 23.9 Å². The predicted molar refractivity (Wildman–Crippen MR) is 171 cm³/mol. The maximum atomic E-state index is 12.1. The number of hydrogen-bond donors (Lipinski definition) is 1. The summed E-state index contributed by atoms with van der Waals surface area (Å²) in [5.74, 6) is -1.84. The van der Waals surface area contributed by atoms with E-state index in [1.165, 1.54) is 19.1 Å². The number of amides is 1. The third kappa shape index (κ3) is 17.5. The smallest absolute Gasteiger partial charge is 0.748 e. The van der Waals surface area contributed by atoms with Crippen molar-refractivity contribution in [2.24, 2.45) is 10.2 Å². The van der Waals surface area contributed by atoms with E-state index in [9.17, 15) is 49.0 Å². The molecule has 0 aliphatic heterocycles. The van der Waals surface area contributed by atoms with E-state index in [1.54, 1.807) is 11.0 Å². The molecule has 3 aromatic rings. The number of unbranched alkanes of at least 4 members (excludes halogenated alkanes) is 2. The van der Waals surface area contributed by atoms with Crippen molar-refractivity contribution in [3.05, 3.63) is 52.1 Å². The molecule has 3 rings (SSSR count). The summed E-state index contributed by atoms with van der Waals surface area (Å²) in [6.07, 6.45) is 1.77. The minimum Gasteiger partial charge on any atom is -0.748 e. The van der Waals surface area contributed by atoms with Crippen molar-refractivity contribution in [1.82, 2.24) is 9.78 Å². The van der Waals surface area contributed by atoms with E-state index in [0.717, 1.165) is 23.0 Å². The summed E-state index contributed by atoms with van der Waals surface area (Å²) in [5.41, 5.74) is 0.510. The number of nitriles is 1. The van der Waals surface area contributed by atoms with Crippen molar-refractivity contribution in [2.45, 2.75) is 37.5 Å². The second kappa shape index (κ2) is 23.5. The van der Waals surface area contributed by atoms with E-state index in [-0.39, 0.29) is 231 Å². The van der Waals surface area contributed by atoms with Crippen LogP contribution in [0, 0.1) is 11.3 Å². The van der Waals surface area contributed by atoms with Crippen LogP contribution in [0.25, 0.3) is 5.69 Å². The molecule has 0 atom stereocenters.